The van der Waals surface area contributed by atoms with E-state index in [-0.39, 0.29) is 24.3 Å². The lowest BCUT2D eigenvalue weighted by Crippen LogP contribution is -2.25. The van der Waals surface area contributed by atoms with Gasteiger partial charge in [-0.05, 0) is 32.1 Å². The highest BCUT2D eigenvalue weighted by Gasteiger charge is 2.31. The molecule has 2 fully saturated rings. The van der Waals surface area contributed by atoms with Crippen LogP contribution in [0.4, 0.5) is 0 Å². The van der Waals surface area contributed by atoms with Gasteiger partial charge in [-0.15, -0.1) is 5.10 Å². The van der Waals surface area contributed by atoms with Gasteiger partial charge in [-0.1, -0.05) is 37.8 Å². The number of rotatable bonds is 8. The fourth-order valence-corrected chi connectivity index (χ4v) is 4.47. The first-order chi connectivity index (χ1) is 12.5. The zero-order chi connectivity index (χ0) is 18.5. The van der Waals surface area contributed by atoms with Crippen LogP contribution < -0.4 is 0 Å². The molecule has 0 N–H and O–H groups in total. The van der Waals surface area contributed by atoms with Gasteiger partial charge in [0.25, 0.3) is 0 Å². The number of aromatic nitrogens is 3. The summed E-state index contributed by atoms with van der Waals surface area (Å²) < 4.78 is 13.4. The van der Waals surface area contributed by atoms with Gasteiger partial charge in [-0.2, -0.15) is 0 Å². The molecule has 0 aromatic carbocycles. The second-order valence-corrected chi connectivity index (χ2v) is 8.29. The normalized spacial score (nSPS) is 26.1. The Hall–Kier alpha value is -1.43. The van der Waals surface area contributed by atoms with Crippen LogP contribution in [0.15, 0.2) is 6.20 Å². The second kappa shape index (κ2) is 8.98. The molecule has 0 radical (unpaired) electrons. The minimum atomic E-state index is -0.222. The minimum Gasteiger partial charge on any atom is -0.463 e. The average Bonchev–Trinajstić information content (AvgIpc) is 3.29. The van der Waals surface area contributed by atoms with Gasteiger partial charge in [0, 0.05) is 32.0 Å². The summed E-state index contributed by atoms with van der Waals surface area (Å²) in [5.41, 5.74) is 1.13. The molecule has 6 nitrogen and oxygen atoms in total. The maximum absolute atomic E-state index is 11.0. The van der Waals surface area contributed by atoms with E-state index in [4.69, 9.17) is 9.47 Å². The van der Waals surface area contributed by atoms with E-state index in [1.807, 2.05) is 11.6 Å². The third-order valence-corrected chi connectivity index (χ3v) is 5.77. The summed E-state index contributed by atoms with van der Waals surface area (Å²) in [6.45, 7) is 6.45. The highest BCUT2D eigenvalue weighted by atomic mass is 16.5. The first-order valence-corrected chi connectivity index (χ1v) is 10.2. The molecule has 1 aromatic heterocycles. The summed E-state index contributed by atoms with van der Waals surface area (Å²) in [4.78, 5) is 11.0. The molecule has 26 heavy (non-hydrogen) atoms. The smallest absolute Gasteiger partial charge is 0.302 e. The van der Waals surface area contributed by atoms with E-state index in [0.717, 1.165) is 43.8 Å². The minimum absolute atomic E-state index is 0.0833. The number of hydrogen-bond donors (Lipinski definition) is 0. The van der Waals surface area contributed by atoms with Crippen LogP contribution in [0, 0.1) is 11.8 Å². The molecule has 0 amide bonds. The predicted molar refractivity (Wildman–Crippen MR) is 98.6 cm³/mol. The standard InChI is InChI=1S/C20H33N3O3/c1-14(20-9-8-19(26-20)10-15(2)25-16(3)24)12-23-13-18(21-22-23)11-17-6-4-5-7-17/h13-15,17,19-20H,4-12H2,1-3H3/t14-,15-,19-,20+/m1/s1. The Kier molecular flexibility index (Phi) is 6.68. The molecule has 1 aliphatic carbocycles. The van der Waals surface area contributed by atoms with Crippen molar-refractivity contribution in [3.05, 3.63) is 11.9 Å². The molecule has 0 unspecified atom stereocenters. The third-order valence-electron chi connectivity index (χ3n) is 5.77. The summed E-state index contributed by atoms with van der Waals surface area (Å²) >= 11 is 0. The van der Waals surface area contributed by atoms with Gasteiger partial charge in [0.05, 0.1) is 17.9 Å². The van der Waals surface area contributed by atoms with Crippen LogP contribution >= 0.6 is 0 Å². The van der Waals surface area contributed by atoms with E-state index in [1.165, 1.54) is 32.6 Å². The van der Waals surface area contributed by atoms with E-state index in [9.17, 15) is 4.79 Å². The summed E-state index contributed by atoms with van der Waals surface area (Å²) in [7, 11) is 0. The quantitative estimate of drug-likeness (QED) is 0.661. The van der Waals surface area contributed by atoms with Crippen LogP contribution in [0.25, 0.3) is 0 Å². The zero-order valence-corrected chi connectivity index (χ0v) is 16.4. The van der Waals surface area contributed by atoms with Crippen LogP contribution in [-0.4, -0.2) is 39.3 Å². The fourth-order valence-electron chi connectivity index (χ4n) is 4.47. The van der Waals surface area contributed by atoms with E-state index < -0.39 is 0 Å². The molecule has 2 aliphatic rings. The van der Waals surface area contributed by atoms with Crippen molar-refractivity contribution >= 4 is 5.97 Å². The number of esters is 1. The SMILES string of the molecule is CC(=O)O[C@H](C)C[C@H]1CC[C@@H]([C@H](C)Cn2cc(CC3CCCC3)nn2)O1. The molecule has 1 saturated heterocycles. The second-order valence-electron chi connectivity index (χ2n) is 8.29. The van der Waals surface area contributed by atoms with Crippen molar-refractivity contribution in [2.24, 2.45) is 11.8 Å². The Bertz CT molecular complexity index is 583. The molecule has 1 aromatic rings. The van der Waals surface area contributed by atoms with Crippen LogP contribution in [0.1, 0.15) is 71.4 Å². The highest BCUT2D eigenvalue weighted by molar-refractivity contribution is 5.66. The molecule has 0 spiro atoms. The van der Waals surface area contributed by atoms with Crippen molar-refractivity contribution in [1.82, 2.24) is 15.0 Å². The van der Waals surface area contributed by atoms with Crippen LogP contribution in [0.2, 0.25) is 0 Å². The van der Waals surface area contributed by atoms with Gasteiger partial charge in [-0.25, -0.2) is 0 Å². The van der Waals surface area contributed by atoms with E-state index >= 15 is 0 Å². The molecule has 0 bridgehead atoms. The number of ether oxygens (including phenoxy) is 2. The maximum atomic E-state index is 11.0. The van der Waals surface area contributed by atoms with Crippen molar-refractivity contribution in [2.45, 2.75) is 97.0 Å². The number of hydrogen-bond acceptors (Lipinski definition) is 5. The number of nitrogens with zero attached hydrogens (tertiary/aromatic N) is 3. The average molecular weight is 364 g/mol. The van der Waals surface area contributed by atoms with Gasteiger partial charge < -0.3 is 9.47 Å². The molecule has 1 saturated carbocycles. The zero-order valence-electron chi connectivity index (χ0n) is 16.4. The Labute approximate surface area is 156 Å². The van der Waals surface area contributed by atoms with Gasteiger partial charge in [0.1, 0.15) is 6.10 Å². The monoisotopic (exact) mass is 363 g/mol. The van der Waals surface area contributed by atoms with E-state index in [1.54, 1.807) is 0 Å². The van der Waals surface area contributed by atoms with Crippen LogP contribution in [0.3, 0.4) is 0 Å². The van der Waals surface area contributed by atoms with Crippen molar-refractivity contribution in [1.29, 1.82) is 0 Å². The van der Waals surface area contributed by atoms with E-state index in [2.05, 4.69) is 23.4 Å². The van der Waals surface area contributed by atoms with Gasteiger partial charge in [0.15, 0.2) is 0 Å². The summed E-state index contributed by atoms with van der Waals surface area (Å²) in [6.07, 6.45) is 11.8. The molecule has 6 heteroatoms. The molecular formula is C20H33N3O3. The molecule has 2 heterocycles. The lowest BCUT2D eigenvalue weighted by molar-refractivity contribution is -0.147. The Morgan fingerprint density at radius 2 is 2.08 bits per heavy atom. The largest absolute Gasteiger partial charge is 0.463 e. The topological polar surface area (TPSA) is 66.2 Å². The van der Waals surface area contributed by atoms with Crippen molar-refractivity contribution in [3.63, 3.8) is 0 Å². The lowest BCUT2D eigenvalue weighted by Gasteiger charge is -2.21. The van der Waals surface area contributed by atoms with E-state index in [0.29, 0.717) is 5.92 Å². The Morgan fingerprint density at radius 3 is 2.81 bits per heavy atom. The Balaban J connectivity index is 1.43. The molecule has 3 rings (SSSR count). The Morgan fingerprint density at radius 1 is 1.31 bits per heavy atom. The number of carbonyl (C=O) groups is 1. The molecular weight excluding hydrogens is 330 g/mol. The summed E-state index contributed by atoms with van der Waals surface area (Å²) in [5.74, 6) is 0.973. The highest BCUT2D eigenvalue weighted by Crippen LogP contribution is 2.30. The van der Waals surface area contributed by atoms with Gasteiger partial charge in [-0.3, -0.25) is 9.48 Å². The lowest BCUT2D eigenvalue weighted by atomic mass is 10.0. The number of carbonyl (C=O) groups excluding carboxylic acids is 1. The third kappa shape index (κ3) is 5.53. The summed E-state index contributed by atoms with van der Waals surface area (Å²) in [5, 5.41) is 8.69. The first kappa shape index (κ1) is 19.3. The van der Waals surface area contributed by atoms with Crippen LogP contribution in [0.5, 0.6) is 0 Å². The molecule has 4 atom stereocenters. The maximum Gasteiger partial charge on any atom is 0.302 e. The fraction of sp³-hybridized carbons (Fsp3) is 0.850. The van der Waals surface area contributed by atoms with Crippen LogP contribution in [-0.2, 0) is 27.2 Å². The van der Waals surface area contributed by atoms with Gasteiger partial charge >= 0.3 is 5.97 Å². The van der Waals surface area contributed by atoms with Crippen molar-refractivity contribution in [3.8, 4) is 0 Å². The molecule has 146 valence electrons. The van der Waals surface area contributed by atoms with Crippen molar-refractivity contribution < 1.29 is 14.3 Å². The molecule has 1 aliphatic heterocycles. The predicted octanol–water partition coefficient (Wildman–Crippen LogP) is 3.54. The van der Waals surface area contributed by atoms with Gasteiger partial charge in [0.2, 0.25) is 0 Å². The first-order valence-electron chi connectivity index (χ1n) is 10.2. The van der Waals surface area contributed by atoms with Crippen molar-refractivity contribution in [2.75, 3.05) is 0 Å². The summed E-state index contributed by atoms with van der Waals surface area (Å²) in [6, 6.07) is 0.